The van der Waals surface area contributed by atoms with E-state index in [9.17, 15) is 0 Å². The Hall–Kier alpha value is -2.08. The van der Waals surface area contributed by atoms with Gasteiger partial charge >= 0.3 is 0 Å². The van der Waals surface area contributed by atoms with Crippen LogP contribution in [-0.4, -0.2) is 36.7 Å². The van der Waals surface area contributed by atoms with E-state index in [0.29, 0.717) is 29.7 Å². The van der Waals surface area contributed by atoms with E-state index in [0.717, 1.165) is 11.5 Å². The highest BCUT2D eigenvalue weighted by Gasteiger charge is 2.08. The minimum Gasteiger partial charge on any atom is -0.359 e. The molecule has 0 unspecified atom stereocenters. The number of rotatable bonds is 4. The van der Waals surface area contributed by atoms with Crippen molar-refractivity contribution < 1.29 is 4.52 Å². The van der Waals surface area contributed by atoms with Crippen LogP contribution in [0.2, 0.25) is 5.02 Å². The van der Waals surface area contributed by atoms with Crippen LogP contribution in [0, 0.1) is 0 Å². The smallest absolute Gasteiger partial charge is 0.228 e. The van der Waals surface area contributed by atoms with Crippen LogP contribution in [0.3, 0.4) is 0 Å². The summed E-state index contributed by atoms with van der Waals surface area (Å²) in [7, 11) is 3.52. The van der Waals surface area contributed by atoms with Gasteiger partial charge in [0.2, 0.25) is 11.7 Å². The van der Waals surface area contributed by atoms with Crippen molar-refractivity contribution >= 4 is 17.6 Å². The minimum absolute atomic E-state index is 0.565. The molecule has 1 aromatic carbocycles. The predicted octanol–water partition coefficient (Wildman–Crippen LogP) is 1.73. The normalized spacial score (nSPS) is 11.4. The maximum absolute atomic E-state index is 5.84. The summed E-state index contributed by atoms with van der Waals surface area (Å²) >= 11 is 5.84. The Morgan fingerprint density at radius 1 is 1.35 bits per heavy atom. The molecule has 0 saturated heterocycles. The number of guanidine groups is 1. The van der Waals surface area contributed by atoms with E-state index in [2.05, 4.69) is 25.8 Å². The number of aromatic nitrogens is 2. The van der Waals surface area contributed by atoms with Gasteiger partial charge in [0.1, 0.15) is 0 Å². The van der Waals surface area contributed by atoms with Gasteiger partial charge in [0.15, 0.2) is 5.96 Å². The highest BCUT2D eigenvalue weighted by atomic mass is 35.5. The van der Waals surface area contributed by atoms with Crippen molar-refractivity contribution in [1.29, 1.82) is 0 Å². The van der Waals surface area contributed by atoms with Crippen LogP contribution in [-0.2, 0) is 6.42 Å². The molecule has 106 valence electrons. The largest absolute Gasteiger partial charge is 0.359 e. The molecular formula is C13H16ClN5O. The van der Waals surface area contributed by atoms with Gasteiger partial charge in [0.25, 0.3) is 0 Å². The lowest BCUT2D eigenvalue weighted by Crippen LogP contribution is -2.35. The molecular weight excluding hydrogens is 278 g/mol. The molecule has 2 rings (SSSR count). The molecule has 1 aromatic heterocycles. The Morgan fingerprint density at radius 2 is 2.10 bits per heavy atom. The van der Waals surface area contributed by atoms with Crippen molar-refractivity contribution in [3.05, 3.63) is 35.2 Å². The zero-order valence-electron chi connectivity index (χ0n) is 11.4. The topological polar surface area (TPSA) is 75.3 Å². The standard InChI is InChI=1S/C13H16ClN5O/c1-15-13(16-2)17-8-7-11-18-12(19-20-11)9-3-5-10(14)6-4-9/h3-6H,7-8H2,1-2H3,(H2,15,16,17). The summed E-state index contributed by atoms with van der Waals surface area (Å²) in [5, 5.41) is 10.7. The average Bonchev–Trinajstić information content (AvgIpc) is 2.93. The van der Waals surface area contributed by atoms with E-state index in [1.165, 1.54) is 0 Å². The zero-order valence-corrected chi connectivity index (χ0v) is 12.1. The number of benzene rings is 1. The van der Waals surface area contributed by atoms with Crippen LogP contribution in [0.15, 0.2) is 33.8 Å². The van der Waals surface area contributed by atoms with Gasteiger partial charge in [-0.25, -0.2) is 0 Å². The molecule has 0 aliphatic heterocycles. The second-order valence-electron chi connectivity index (χ2n) is 4.02. The van der Waals surface area contributed by atoms with Crippen molar-refractivity contribution in [2.75, 3.05) is 20.6 Å². The maximum Gasteiger partial charge on any atom is 0.228 e. The fraction of sp³-hybridized carbons (Fsp3) is 0.308. The molecule has 0 saturated carbocycles. The molecule has 0 radical (unpaired) electrons. The van der Waals surface area contributed by atoms with Gasteiger partial charge in [0, 0.05) is 37.6 Å². The zero-order chi connectivity index (χ0) is 14.4. The maximum atomic E-state index is 5.84. The highest BCUT2D eigenvalue weighted by molar-refractivity contribution is 6.30. The monoisotopic (exact) mass is 293 g/mol. The molecule has 0 aliphatic carbocycles. The van der Waals surface area contributed by atoms with Gasteiger partial charge < -0.3 is 15.2 Å². The molecule has 6 nitrogen and oxygen atoms in total. The fourth-order valence-electron chi connectivity index (χ4n) is 1.64. The van der Waals surface area contributed by atoms with Crippen LogP contribution < -0.4 is 10.6 Å². The van der Waals surface area contributed by atoms with Crippen molar-refractivity contribution in [2.45, 2.75) is 6.42 Å². The second-order valence-corrected chi connectivity index (χ2v) is 4.45. The molecule has 0 aliphatic rings. The fourth-order valence-corrected chi connectivity index (χ4v) is 1.77. The number of nitrogens with one attached hydrogen (secondary N) is 2. The molecule has 2 N–H and O–H groups in total. The lowest BCUT2D eigenvalue weighted by molar-refractivity contribution is 0.378. The van der Waals surface area contributed by atoms with Crippen molar-refractivity contribution in [3.8, 4) is 11.4 Å². The second kappa shape index (κ2) is 6.91. The number of halogens is 1. The Morgan fingerprint density at radius 3 is 2.75 bits per heavy atom. The SMILES string of the molecule is CN=C(NC)NCCc1nc(-c2ccc(Cl)cc2)no1. The molecule has 2 aromatic rings. The quantitative estimate of drug-likeness (QED) is 0.663. The van der Waals surface area contributed by atoms with E-state index in [-0.39, 0.29) is 0 Å². The number of hydrogen-bond donors (Lipinski definition) is 2. The Bertz CT molecular complexity index is 579. The highest BCUT2D eigenvalue weighted by Crippen LogP contribution is 2.18. The minimum atomic E-state index is 0.565. The summed E-state index contributed by atoms with van der Waals surface area (Å²) in [6, 6.07) is 7.31. The average molecular weight is 294 g/mol. The van der Waals surface area contributed by atoms with E-state index < -0.39 is 0 Å². The van der Waals surface area contributed by atoms with Crippen LogP contribution in [0.4, 0.5) is 0 Å². The number of aliphatic imine (C=N–C) groups is 1. The predicted molar refractivity (Wildman–Crippen MR) is 78.9 cm³/mol. The Kier molecular flexibility index (Phi) is 4.95. The molecule has 1 heterocycles. The van der Waals surface area contributed by atoms with E-state index in [4.69, 9.17) is 16.1 Å². The van der Waals surface area contributed by atoms with Gasteiger partial charge in [-0.2, -0.15) is 4.98 Å². The summed E-state index contributed by atoms with van der Waals surface area (Å²) < 4.78 is 5.20. The third-order valence-electron chi connectivity index (χ3n) is 2.66. The first-order valence-electron chi connectivity index (χ1n) is 6.20. The molecule has 0 bridgehead atoms. The van der Waals surface area contributed by atoms with E-state index in [1.807, 2.05) is 12.1 Å². The molecule has 0 spiro atoms. The lowest BCUT2D eigenvalue weighted by atomic mass is 10.2. The van der Waals surface area contributed by atoms with Crippen LogP contribution in [0.5, 0.6) is 0 Å². The first-order chi connectivity index (χ1) is 9.72. The molecule has 0 amide bonds. The summed E-state index contributed by atoms with van der Waals surface area (Å²) in [5.41, 5.74) is 0.878. The summed E-state index contributed by atoms with van der Waals surface area (Å²) in [4.78, 5) is 8.35. The summed E-state index contributed by atoms with van der Waals surface area (Å²) in [5.74, 6) is 1.87. The van der Waals surface area contributed by atoms with Gasteiger partial charge in [-0.3, -0.25) is 4.99 Å². The first kappa shape index (κ1) is 14.3. The Balaban J connectivity index is 1.94. The van der Waals surface area contributed by atoms with Gasteiger partial charge in [0.05, 0.1) is 0 Å². The molecule has 0 atom stereocenters. The third-order valence-corrected chi connectivity index (χ3v) is 2.91. The first-order valence-corrected chi connectivity index (χ1v) is 6.57. The molecule has 7 heteroatoms. The summed E-state index contributed by atoms with van der Waals surface area (Å²) in [6.07, 6.45) is 0.626. The van der Waals surface area contributed by atoms with Gasteiger partial charge in [-0.1, -0.05) is 16.8 Å². The molecule has 20 heavy (non-hydrogen) atoms. The number of nitrogens with zero attached hydrogens (tertiary/aromatic N) is 3. The summed E-state index contributed by atoms with van der Waals surface area (Å²) in [6.45, 7) is 0.662. The lowest BCUT2D eigenvalue weighted by Gasteiger charge is -2.05. The third kappa shape index (κ3) is 3.71. The van der Waals surface area contributed by atoms with Crippen molar-refractivity contribution in [2.24, 2.45) is 4.99 Å². The van der Waals surface area contributed by atoms with Gasteiger partial charge in [-0.05, 0) is 24.3 Å². The Labute approximate surface area is 122 Å². The van der Waals surface area contributed by atoms with E-state index >= 15 is 0 Å². The van der Waals surface area contributed by atoms with E-state index in [1.54, 1.807) is 26.2 Å². The molecule has 0 fully saturated rings. The number of hydrogen-bond acceptors (Lipinski definition) is 4. The van der Waals surface area contributed by atoms with Crippen LogP contribution in [0.1, 0.15) is 5.89 Å². The van der Waals surface area contributed by atoms with Gasteiger partial charge in [-0.15, -0.1) is 0 Å². The van der Waals surface area contributed by atoms with Crippen LogP contribution in [0.25, 0.3) is 11.4 Å². The van der Waals surface area contributed by atoms with Crippen molar-refractivity contribution in [1.82, 2.24) is 20.8 Å². The van der Waals surface area contributed by atoms with Crippen LogP contribution >= 0.6 is 11.6 Å². The van der Waals surface area contributed by atoms with Crippen molar-refractivity contribution in [3.63, 3.8) is 0 Å².